The minimum absolute atomic E-state index is 0.382. The second-order valence-electron chi connectivity index (χ2n) is 4.65. The van der Waals surface area contributed by atoms with Crippen LogP contribution in [-0.2, 0) is 0 Å². The van der Waals surface area contributed by atoms with E-state index in [2.05, 4.69) is 10.3 Å². The fraction of sp³-hybridized carbons (Fsp3) is 0.188. The highest BCUT2D eigenvalue weighted by Crippen LogP contribution is 2.35. The van der Waals surface area contributed by atoms with Crippen molar-refractivity contribution in [1.29, 1.82) is 0 Å². The van der Waals surface area contributed by atoms with E-state index in [0.29, 0.717) is 5.76 Å². The van der Waals surface area contributed by atoms with Crippen LogP contribution in [0.15, 0.2) is 65.9 Å². The van der Waals surface area contributed by atoms with Gasteiger partial charge in [0.15, 0.2) is 0 Å². The molecule has 0 unspecified atom stereocenters. The van der Waals surface area contributed by atoms with E-state index >= 15 is 0 Å². The first-order valence-electron chi connectivity index (χ1n) is 6.53. The molecule has 0 atom stereocenters. The molecule has 0 fully saturated rings. The topological polar surface area (TPSA) is 45.2 Å². The van der Waals surface area contributed by atoms with Crippen LogP contribution in [0.2, 0.25) is 0 Å². The maximum absolute atomic E-state index is 10.5. The first-order chi connectivity index (χ1) is 9.36. The molecular formula is C16H16N2O. The Bertz CT molecular complexity index is 594. The Hall–Kier alpha value is -2.29. The molecule has 3 heteroatoms. The first-order valence-corrected chi connectivity index (χ1v) is 6.53. The second-order valence-corrected chi connectivity index (χ2v) is 4.65. The van der Waals surface area contributed by atoms with Gasteiger partial charge in [0.25, 0.3) is 0 Å². The molecule has 2 aliphatic rings. The van der Waals surface area contributed by atoms with Crippen molar-refractivity contribution in [2.45, 2.75) is 19.3 Å². The molecule has 1 aromatic heterocycles. The molecule has 0 amide bonds. The predicted octanol–water partition coefficient (Wildman–Crippen LogP) is 3.46. The third-order valence-electron chi connectivity index (χ3n) is 3.43. The van der Waals surface area contributed by atoms with Gasteiger partial charge in [-0.2, -0.15) is 0 Å². The summed E-state index contributed by atoms with van der Waals surface area (Å²) in [6.07, 6.45) is 12.3. The van der Waals surface area contributed by atoms with Crippen molar-refractivity contribution < 1.29 is 5.11 Å². The molecule has 3 nitrogen and oxygen atoms in total. The Kier molecular flexibility index (Phi) is 3.19. The fourth-order valence-electron chi connectivity index (χ4n) is 2.49. The van der Waals surface area contributed by atoms with Crippen LogP contribution in [0, 0.1) is 0 Å². The summed E-state index contributed by atoms with van der Waals surface area (Å²) in [7, 11) is 0. The van der Waals surface area contributed by atoms with Gasteiger partial charge in [-0.3, -0.25) is 4.98 Å². The van der Waals surface area contributed by atoms with Gasteiger partial charge in [0.2, 0.25) is 0 Å². The van der Waals surface area contributed by atoms with Crippen LogP contribution >= 0.6 is 0 Å². The van der Waals surface area contributed by atoms with Crippen molar-refractivity contribution in [1.82, 2.24) is 10.3 Å². The molecule has 1 aromatic rings. The minimum atomic E-state index is 0.382. The SMILES string of the molecule is OC1=C(c2ccccn2)CCCC1=C1C=CC=CN1. The molecular weight excluding hydrogens is 236 g/mol. The Morgan fingerprint density at radius 2 is 2.00 bits per heavy atom. The molecule has 1 aliphatic carbocycles. The van der Waals surface area contributed by atoms with E-state index in [-0.39, 0.29) is 0 Å². The molecule has 0 bridgehead atoms. The summed E-state index contributed by atoms with van der Waals surface area (Å²) in [5, 5.41) is 13.7. The van der Waals surface area contributed by atoms with Crippen LogP contribution in [0.25, 0.3) is 5.57 Å². The van der Waals surface area contributed by atoms with Gasteiger partial charge in [0.05, 0.1) is 5.69 Å². The lowest BCUT2D eigenvalue weighted by atomic mass is 9.89. The number of aliphatic hydroxyl groups excluding tert-OH is 1. The molecule has 0 saturated carbocycles. The lowest BCUT2D eigenvalue weighted by Gasteiger charge is -2.21. The van der Waals surface area contributed by atoms with Crippen LogP contribution in [0.4, 0.5) is 0 Å². The van der Waals surface area contributed by atoms with Crippen LogP contribution in [0.1, 0.15) is 25.0 Å². The number of allylic oxidation sites excluding steroid dienone is 5. The molecule has 0 spiro atoms. The van der Waals surface area contributed by atoms with Crippen molar-refractivity contribution >= 4 is 5.57 Å². The first kappa shape index (κ1) is 11.8. The molecule has 0 saturated heterocycles. The molecule has 0 radical (unpaired) electrons. The third kappa shape index (κ3) is 2.32. The summed E-state index contributed by atoms with van der Waals surface area (Å²) in [5.74, 6) is 0.382. The monoisotopic (exact) mass is 252 g/mol. The number of pyridine rings is 1. The number of nitrogens with one attached hydrogen (secondary N) is 1. The van der Waals surface area contributed by atoms with Crippen LogP contribution in [0.3, 0.4) is 0 Å². The standard InChI is InChI=1S/C16H16N2O/c19-16-12(14-8-1-3-10-17-14)6-5-7-13(16)15-9-2-4-11-18-15/h1-4,8-11,17,19H,5-7H2. The van der Waals surface area contributed by atoms with Crippen molar-refractivity contribution in [3.63, 3.8) is 0 Å². The van der Waals surface area contributed by atoms with Gasteiger partial charge in [-0.1, -0.05) is 12.1 Å². The van der Waals surface area contributed by atoms with Gasteiger partial charge < -0.3 is 10.4 Å². The Balaban J connectivity index is 2.05. The van der Waals surface area contributed by atoms with E-state index in [0.717, 1.165) is 41.8 Å². The van der Waals surface area contributed by atoms with E-state index in [9.17, 15) is 5.11 Å². The summed E-state index contributed by atoms with van der Waals surface area (Å²) in [6, 6.07) is 5.79. The second kappa shape index (κ2) is 5.14. The lowest BCUT2D eigenvalue weighted by molar-refractivity contribution is 0.410. The number of nitrogens with zero attached hydrogens (tertiary/aromatic N) is 1. The van der Waals surface area contributed by atoms with E-state index in [1.165, 1.54) is 0 Å². The normalized spacial score (nSPS) is 22.5. The number of hydrogen-bond acceptors (Lipinski definition) is 3. The summed E-state index contributed by atoms with van der Waals surface area (Å²) in [6.45, 7) is 0. The lowest BCUT2D eigenvalue weighted by Crippen LogP contribution is -2.13. The molecule has 0 aromatic carbocycles. The highest BCUT2D eigenvalue weighted by Gasteiger charge is 2.21. The Morgan fingerprint density at radius 1 is 1.11 bits per heavy atom. The fourth-order valence-corrected chi connectivity index (χ4v) is 2.49. The average molecular weight is 252 g/mol. The van der Waals surface area contributed by atoms with E-state index in [4.69, 9.17) is 0 Å². The largest absolute Gasteiger partial charge is 0.507 e. The molecule has 3 rings (SSSR count). The molecule has 2 N–H and O–H groups in total. The molecule has 19 heavy (non-hydrogen) atoms. The maximum Gasteiger partial charge on any atom is 0.126 e. The average Bonchev–Trinajstić information content (AvgIpc) is 2.49. The van der Waals surface area contributed by atoms with Crippen molar-refractivity contribution in [3.05, 3.63) is 71.5 Å². The summed E-state index contributed by atoms with van der Waals surface area (Å²) in [5.41, 5.74) is 3.77. The minimum Gasteiger partial charge on any atom is -0.507 e. The molecule has 96 valence electrons. The quantitative estimate of drug-likeness (QED) is 0.804. The van der Waals surface area contributed by atoms with Crippen molar-refractivity contribution in [2.75, 3.05) is 0 Å². The third-order valence-corrected chi connectivity index (χ3v) is 3.43. The van der Waals surface area contributed by atoms with Crippen molar-refractivity contribution in [2.24, 2.45) is 0 Å². The van der Waals surface area contributed by atoms with Crippen LogP contribution in [-0.4, -0.2) is 10.1 Å². The number of aliphatic hydroxyl groups is 1. The zero-order valence-electron chi connectivity index (χ0n) is 10.6. The summed E-state index contributed by atoms with van der Waals surface area (Å²) < 4.78 is 0. The Morgan fingerprint density at radius 3 is 2.74 bits per heavy atom. The van der Waals surface area contributed by atoms with Crippen LogP contribution < -0.4 is 5.32 Å². The van der Waals surface area contributed by atoms with Gasteiger partial charge in [-0.25, -0.2) is 0 Å². The van der Waals surface area contributed by atoms with Gasteiger partial charge in [0.1, 0.15) is 5.76 Å². The summed E-state index contributed by atoms with van der Waals surface area (Å²) in [4.78, 5) is 4.34. The highest BCUT2D eigenvalue weighted by atomic mass is 16.3. The smallest absolute Gasteiger partial charge is 0.126 e. The number of hydrogen-bond donors (Lipinski definition) is 2. The van der Waals surface area contributed by atoms with E-state index < -0.39 is 0 Å². The van der Waals surface area contributed by atoms with Gasteiger partial charge in [-0.05, 0) is 43.5 Å². The van der Waals surface area contributed by atoms with E-state index in [1.54, 1.807) is 6.20 Å². The summed E-state index contributed by atoms with van der Waals surface area (Å²) >= 11 is 0. The van der Waals surface area contributed by atoms with Gasteiger partial charge in [0, 0.05) is 29.2 Å². The van der Waals surface area contributed by atoms with E-state index in [1.807, 2.05) is 42.6 Å². The molecule has 2 heterocycles. The Labute approximate surface area is 112 Å². The van der Waals surface area contributed by atoms with Gasteiger partial charge >= 0.3 is 0 Å². The predicted molar refractivity (Wildman–Crippen MR) is 76.1 cm³/mol. The number of aromatic nitrogens is 1. The van der Waals surface area contributed by atoms with Crippen LogP contribution in [0.5, 0.6) is 0 Å². The van der Waals surface area contributed by atoms with Gasteiger partial charge in [-0.15, -0.1) is 0 Å². The number of rotatable bonds is 1. The zero-order valence-corrected chi connectivity index (χ0v) is 10.6. The highest BCUT2D eigenvalue weighted by molar-refractivity contribution is 5.70. The number of dihydropyridines is 1. The van der Waals surface area contributed by atoms with Crippen molar-refractivity contribution in [3.8, 4) is 0 Å². The maximum atomic E-state index is 10.5. The zero-order chi connectivity index (χ0) is 13.1. The molecule has 1 aliphatic heterocycles.